The van der Waals surface area contributed by atoms with Crippen molar-refractivity contribution in [1.82, 2.24) is 0 Å². The zero-order valence-electron chi connectivity index (χ0n) is 10.2. The van der Waals surface area contributed by atoms with Gasteiger partial charge in [0.15, 0.2) is 0 Å². The second-order valence-electron chi connectivity index (χ2n) is 4.12. The minimum Gasteiger partial charge on any atom is -0.508 e. The van der Waals surface area contributed by atoms with Crippen LogP contribution < -0.4 is 5.32 Å². The Morgan fingerprint density at radius 3 is 2.37 bits per heavy atom. The lowest BCUT2D eigenvalue weighted by Crippen LogP contribution is -1.95. The first kappa shape index (κ1) is 14.3. The number of anilines is 1. The molecule has 0 bridgehead atoms. The second kappa shape index (κ2) is 5.91. The molecule has 0 heterocycles. The van der Waals surface area contributed by atoms with Crippen LogP contribution in [0.25, 0.3) is 0 Å². The molecule has 19 heavy (non-hydrogen) atoms. The van der Waals surface area contributed by atoms with E-state index in [9.17, 15) is 5.11 Å². The molecule has 0 saturated heterocycles. The molecule has 2 rings (SSSR count). The summed E-state index contributed by atoms with van der Waals surface area (Å²) in [6.45, 7) is 0. The summed E-state index contributed by atoms with van der Waals surface area (Å²) in [6.07, 6.45) is 0.508. The van der Waals surface area contributed by atoms with E-state index in [2.05, 4.69) is 5.32 Å². The topological polar surface area (TPSA) is 32.3 Å². The molecule has 0 aliphatic heterocycles. The Morgan fingerprint density at radius 2 is 1.74 bits per heavy atom. The van der Waals surface area contributed by atoms with Crippen molar-refractivity contribution in [1.29, 1.82) is 0 Å². The van der Waals surface area contributed by atoms with E-state index in [1.165, 1.54) is 6.07 Å². The van der Waals surface area contributed by atoms with Crippen molar-refractivity contribution in [2.45, 2.75) is 6.42 Å². The number of phenolic OH excluding ortho intramolecular Hbond substituents is 1. The van der Waals surface area contributed by atoms with Gasteiger partial charge in [-0.1, -0.05) is 40.9 Å². The molecule has 0 spiro atoms. The number of benzene rings is 2. The number of nitrogens with one attached hydrogen (secondary N) is 1. The average Bonchev–Trinajstić information content (AvgIpc) is 2.35. The minimum atomic E-state index is 0.148. The lowest BCUT2D eigenvalue weighted by atomic mass is 10.0. The highest BCUT2D eigenvalue weighted by Crippen LogP contribution is 2.32. The van der Waals surface area contributed by atoms with Gasteiger partial charge in [-0.05, 0) is 23.8 Å². The van der Waals surface area contributed by atoms with Crippen molar-refractivity contribution in [3.05, 3.63) is 56.5 Å². The van der Waals surface area contributed by atoms with Crippen molar-refractivity contribution in [3.63, 3.8) is 0 Å². The highest BCUT2D eigenvalue weighted by atomic mass is 35.5. The second-order valence-corrected chi connectivity index (χ2v) is 5.37. The van der Waals surface area contributed by atoms with Gasteiger partial charge in [0, 0.05) is 35.1 Å². The zero-order chi connectivity index (χ0) is 14.0. The Hall–Kier alpha value is -1.09. The predicted molar refractivity (Wildman–Crippen MR) is 81.9 cm³/mol. The molecular weight excluding hydrogens is 305 g/mol. The van der Waals surface area contributed by atoms with Crippen molar-refractivity contribution < 1.29 is 5.11 Å². The van der Waals surface area contributed by atoms with E-state index in [4.69, 9.17) is 34.8 Å². The van der Waals surface area contributed by atoms with Gasteiger partial charge in [-0.3, -0.25) is 0 Å². The first-order valence-corrected chi connectivity index (χ1v) is 6.77. The first-order chi connectivity index (χ1) is 9.01. The van der Waals surface area contributed by atoms with Crippen LogP contribution in [-0.2, 0) is 6.42 Å². The Bertz CT molecular complexity index is 614. The summed E-state index contributed by atoms with van der Waals surface area (Å²) >= 11 is 18.0. The number of rotatable bonds is 3. The van der Waals surface area contributed by atoms with E-state index in [0.717, 1.165) is 16.8 Å². The molecule has 0 aliphatic rings. The lowest BCUT2D eigenvalue weighted by molar-refractivity contribution is 0.469. The molecule has 0 atom stereocenters. The van der Waals surface area contributed by atoms with Crippen LogP contribution in [0.15, 0.2) is 30.3 Å². The van der Waals surface area contributed by atoms with Gasteiger partial charge in [0.25, 0.3) is 0 Å². The summed E-state index contributed by atoms with van der Waals surface area (Å²) in [4.78, 5) is 0. The summed E-state index contributed by atoms with van der Waals surface area (Å²) in [6, 6.07) is 8.63. The molecule has 0 amide bonds. The summed E-state index contributed by atoms with van der Waals surface area (Å²) < 4.78 is 0. The van der Waals surface area contributed by atoms with Crippen LogP contribution in [0.4, 0.5) is 5.69 Å². The number of aromatic hydroxyl groups is 1. The molecule has 2 aromatic carbocycles. The molecule has 100 valence electrons. The third-order valence-corrected chi connectivity index (χ3v) is 3.73. The highest BCUT2D eigenvalue weighted by molar-refractivity contribution is 6.35. The van der Waals surface area contributed by atoms with Crippen molar-refractivity contribution >= 4 is 40.5 Å². The normalized spacial score (nSPS) is 10.5. The maximum atomic E-state index is 9.94. The van der Waals surface area contributed by atoms with Crippen LogP contribution >= 0.6 is 34.8 Å². The first-order valence-electron chi connectivity index (χ1n) is 5.64. The fraction of sp³-hybridized carbons (Fsp3) is 0.143. The highest BCUT2D eigenvalue weighted by Gasteiger charge is 2.10. The van der Waals surface area contributed by atoms with Gasteiger partial charge < -0.3 is 10.4 Å². The van der Waals surface area contributed by atoms with Crippen molar-refractivity contribution in [2.24, 2.45) is 0 Å². The van der Waals surface area contributed by atoms with Crippen LogP contribution in [0.5, 0.6) is 5.75 Å². The van der Waals surface area contributed by atoms with Gasteiger partial charge in [0.05, 0.1) is 10.7 Å². The van der Waals surface area contributed by atoms with Gasteiger partial charge in [-0.25, -0.2) is 0 Å². The summed E-state index contributed by atoms with van der Waals surface area (Å²) in [5.74, 6) is 0.148. The smallest absolute Gasteiger partial charge is 0.120 e. The Labute approximate surface area is 126 Å². The van der Waals surface area contributed by atoms with Gasteiger partial charge in [0.1, 0.15) is 5.75 Å². The monoisotopic (exact) mass is 315 g/mol. The molecule has 0 radical (unpaired) electrons. The van der Waals surface area contributed by atoms with E-state index in [0.29, 0.717) is 21.5 Å². The summed E-state index contributed by atoms with van der Waals surface area (Å²) in [7, 11) is 1.78. The number of phenols is 1. The van der Waals surface area contributed by atoms with E-state index >= 15 is 0 Å². The zero-order valence-corrected chi connectivity index (χ0v) is 12.4. The fourth-order valence-corrected chi connectivity index (χ4v) is 2.54. The van der Waals surface area contributed by atoms with Gasteiger partial charge in [0.2, 0.25) is 0 Å². The predicted octanol–water partition coefficient (Wildman–Crippen LogP) is 4.98. The molecule has 0 aromatic heterocycles. The SMILES string of the molecule is CNc1cc(Cc2ccc(Cl)cc2Cl)c(O)cc1Cl. The Morgan fingerprint density at radius 1 is 1.00 bits per heavy atom. The van der Waals surface area contributed by atoms with E-state index in [1.807, 2.05) is 12.1 Å². The number of hydrogen-bond acceptors (Lipinski definition) is 2. The minimum absolute atomic E-state index is 0.148. The Kier molecular flexibility index (Phi) is 4.46. The van der Waals surface area contributed by atoms with E-state index < -0.39 is 0 Å². The third-order valence-electron chi connectivity index (χ3n) is 2.83. The van der Waals surface area contributed by atoms with Crippen LogP contribution in [0.2, 0.25) is 15.1 Å². The molecule has 2 N–H and O–H groups in total. The lowest BCUT2D eigenvalue weighted by Gasteiger charge is -2.11. The third kappa shape index (κ3) is 3.27. The van der Waals surface area contributed by atoms with Crippen LogP contribution in [-0.4, -0.2) is 12.2 Å². The number of hydrogen-bond donors (Lipinski definition) is 2. The molecule has 0 unspecified atom stereocenters. The van der Waals surface area contributed by atoms with E-state index in [-0.39, 0.29) is 5.75 Å². The van der Waals surface area contributed by atoms with Gasteiger partial charge in [-0.2, -0.15) is 0 Å². The fourth-order valence-electron chi connectivity index (χ4n) is 1.81. The number of halogens is 3. The summed E-state index contributed by atoms with van der Waals surface area (Å²) in [5.41, 5.74) is 2.41. The molecule has 2 aromatic rings. The van der Waals surface area contributed by atoms with Gasteiger partial charge in [-0.15, -0.1) is 0 Å². The van der Waals surface area contributed by atoms with Crippen molar-refractivity contribution in [2.75, 3.05) is 12.4 Å². The molecule has 0 aliphatic carbocycles. The van der Waals surface area contributed by atoms with Crippen LogP contribution in [0, 0.1) is 0 Å². The maximum Gasteiger partial charge on any atom is 0.120 e. The molecular formula is C14H12Cl3NO. The van der Waals surface area contributed by atoms with E-state index in [1.54, 1.807) is 19.2 Å². The maximum absolute atomic E-state index is 9.94. The molecule has 5 heteroatoms. The average molecular weight is 317 g/mol. The molecule has 0 fully saturated rings. The van der Waals surface area contributed by atoms with Gasteiger partial charge >= 0.3 is 0 Å². The molecule has 2 nitrogen and oxygen atoms in total. The van der Waals surface area contributed by atoms with Crippen molar-refractivity contribution in [3.8, 4) is 5.75 Å². The quantitative estimate of drug-likeness (QED) is 0.782. The summed E-state index contributed by atoms with van der Waals surface area (Å²) in [5, 5.41) is 14.6. The van der Waals surface area contributed by atoms with Crippen LogP contribution in [0.3, 0.4) is 0 Å². The Balaban J connectivity index is 2.37. The largest absolute Gasteiger partial charge is 0.508 e. The van der Waals surface area contributed by atoms with Crippen LogP contribution in [0.1, 0.15) is 11.1 Å². The molecule has 0 saturated carbocycles. The standard InChI is InChI=1S/C14H12Cl3NO/c1-18-13-5-9(14(19)7-12(13)17)4-8-2-3-10(15)6-11(8)16/h2-3,5-7,18-19H,4H2,1H3.